The van der Waals surface area contributed by atoms with Crippen molar-refractivity contribution in [1.82, 2.24) is 24.4 Å². The van der Waals surface area contributed by atoms with E-state index >= 15 is 0 Å². The van der Waals surface area contributed by atoms with Crippen molar-refractivity contribution < 1.29 is 13.6 Å². The minimum atomic E-state index is -2.72. The van der Waals surface area contributed by atoms with Gasteiger partial charge in [0.2, 0.25) is 0 Å². The Kier molecular flexibility index (Phi) is 4.90. The highest BCUT2D eigenvalue weighted by Gasteiger charge is 2.28. The molecule has 1 aliphatic carbocycles. The molecule has 4 aromatic rings. The van der Waals surface area contributed by atoms with Crippen molar-refractivity contribution in [2.24, 2.45) is 0 Å². The predicted octanol–water partition coefficient (Wildman–Crippen LogP) is 4.69. The van der Waals surface area contributed by atoms with Crippen LogP contribution in [0.5, 0.6) is 0 Å². The maximum absolute atomic E-state index is 13.5. The molecule has 7 nitrogen and oxygen atoms in total. The number of hydrogen-bond donors (Lipinski definition) is 1. The minimum Gasteiger partial charge on any atom is -0.304 e. The van der Waals surface area contributed by atoms with Gasteiger partial charge in [0.15, 0.2) is 17.2 Å². The summed E-state index contributed by atoms with van der Waals surface area (Å²) < 4.78 is 29.7. The van der Waals surface area contributed by atoms with Crippen LogP contribution in [0.25, 0.3) is 5.65 Å². The molecule has 3 aromatic heterocycles. The Morgan fingerprint density at radius 1 is 1.19 bits per heavy atom. The SMILES string of the molecule is O=C(Nc1ccn(Cc2cccc(Cl)c2)n1)c1cc2nc(C3CC3)cc(C(F)F)n2n1. The number of benzene rings is 1. The summed E-state index contributed by atoms with van der Waals surface area (Å²) in [5.41, 5.74) is 1.54. The van der Waals surface area contributed by atoms with E-state index < -0.39 is 12.3 Å². The van der Waals surface area contributed by atoms with E-state index in [-0.39, 0.29) is 23.0 Å². The summed E-state index contributed by atoms with van der Waals surface area (Å²) in [6, 6.07) is 11.8. The average molecular weight is 443 g/mol. The van der Waals surface area contributed by atoms with Gasteiger partial charge in [-0.15, -0.1) is 0 Å². The summed E-state index contributed by atoms with van der Waals surface area (Å²) in [4.78, 5) is 17.0. The van der Waals surface area contributed by atoms with E-state index in [1.165, 1.54) is 12.1 Å². The zero-order valence-corrected chi connectivity index (χ0v) is 16.9. The second-order valence-corrected chi connectivity index (χ2v) is 7.90. The fourth-order valence-corrected chi connectivity index (χ4v) is 3.60. The average Bonchev–Trinajstić information content (AvgIpc) is 3.35. The molecule has 1 fully saturated rings. The molecular formula is C21H17ClF2N6O. The number of alkyl halides is 2. The van der Waals surface area contributed by atoms with E-state index in [1.54, 1.807) is 23.0 Å². The highest BCUT2D eigenvalue weighted by atomic mass is 35.5. The van der Waals surface area contributed by atoms with Crippen molar-refractivity contribution in [3.63, 3.8) is 0 Å². The van der Waals surface area contributed by atoms with Gasteiger partial charge >= 0.3 is 0 Å². The number of amides is 1. The van der Waals surface area contributed by atoms with Crippen LogP contribution in [0.15, 0.2) is 48.7 Å². The number of nitrogens with zero attached hydrogens (tertiary/aromatic N) is 5. The Bertz CT molecular complexity index is 1280. The van der Waals surface area contributed by atoms with Gasteiger partial charge in [-0.05, 0) is 36.6 Å². The molecule has 31 heavy (non-hydrogen) atoms. The number of carbonyl (C=O) groups is 1. The first-order valence-corrected chi connectivity index (χ1v) is 10.1. The van der Waals surface area contributed by atoms with Gasteiger partial charge in [-0.3, -0.25) is 9.48 Å². The first kappa shape index (κ1) is 19.6. The molecule has 10 heteroatoms. The van der Waals surface area contributed by atoms with Gasteiger partial charge in [-0.1, -0.05) is 23.7 Å². The third-order valence-electron chi connectivity index (χ3n) is 5.04. The van der Waals surface area contributed by atoms with Gasteiger partial charge < -0.3 is 5.32 Å². The monoisotopic (exact) mass is 442 g/mol. The zero-order chi connectivity index (χ0) is 21.5. The maximum Gasteiger partial charge on any atom is 0.280 e. The van der Waals surface area contributed by atoms with Crippen LogP contribution in [-0.4, -0.2) is 30.3 Å². The van der Waals surface area contributed by atoms with Gasteiger partial charge in [0.25, 0.3) is 12.3 Å². The molecule has 0 spiro atoms. The lowest BCUT2D eigenvalue weighted by Gasteiger charge is -2.06. The van der Waals surface area contributed by atoms with Crippen LogP contribution in [-0.2, 0) is 6.54 Å². The van der Waals surface area contributed by atoms with Gasteiger partial charge in [-0.2, -0.15) is 10.2 Å². The van der Waals surface area contributed by atoms with Crippen molar-refractivity contribution in [3.8, 4) is 0 Å². The summed E-state index contributed by atoms with van der Waals surface area (Å²) in [5.74, 6) is -0.0189. The molecule has 1 amide bonds. The van der Waals surface area contributed by atoms with Crippen LogP contribution in [0.4, 0.5) is 14.6 Å². The largest absolute Gasteiger partial charge is 0.304 e. The normalized spacial score (nSPS) is 13.8. The lowest BCUT2D eigenvalue weighted by Crippen LogP contribution is -2.14. The summed E-state index contributed by atoms with van der Waals surface area (Å²) >= 11 is 6.00. The predicted molar refractivity (Wildman–Crippen MR) is 111 cm³/mol. The summed E-state index contributed by atoms with van der Waals surface area (Å²) in [6.45, 7) is 0.483. The number of hydrogen-bond acceptors (Lipinski definition) is 4. The van der Waals surface area contributed by atoms with Crippen LogP contribution in [0.1, 0.15) is 52.6 Å². The number of halogens is 3. The molecule has 158 valence electrons. The van der Waals surface area contributed by atoms with Crippen LogP contribution >= 0.6 is 11.6 Å². The Hall–Kier alpha value is -3.33. The van der Waals surface area contributed by atoms with Crippen LogP contribution in [0, 0.1) is 0 Å². The fraction of sp³-hybridized carbons (Fsp3) is 0.238. The number of aromatic nitrogens is 5. The highest BCUT2D eigenvalue weighted by Crippen LogP contribution is 2.40. The Morgan fingerprint density at radius 2 is 2.03 bits per heavy atom. The van der Waals surface area contributed by atoms with Gasteiger partial charge in [0.05, 0.1) is 6.54 Å². The lowest BCUT2D eigenvalue weighted by atomic mass is 10.2. The Morgan fingerprint density at radius 3 is 2.77 bits per heavy atom. The fourth-order valence-electron chi connectivity index (χ4n) is 3.39. The molecule has 1 saturated carbocycles. The third kappa shape index (κ3) is 4.13. The lowest BCUT2D eigenvalue weighted by molar-refractivity contribution is 0.102. The molecular weight excluding hydrogens is 426 g/mol. The van der Waals surface area contributed by atoms with Crippen molar-refractivity contribution in [2.75, 3.05) is 5.32 Å². The highest BCUT2D eigenvalue weighted by molar-refractivity contribution is 6.30. The molecule has 1 N–H and O–H groups in total. The molecule has 0 bridgehead atoms. The Balaban J connectivity index is 1.36. The molecule has 5 rings (SSSR count). The maximum atomic E-state index is 13.5. The summed E-state index contributed by atoms with van der Waals surface area (Å²) in [6.07, 6.45) is 0.871. The van der Waals surface area contributed by atoms with E-state index in [4.69, 9.17) is 11.6 Å². The van der Waals surface area contributed by atoms with Crippen molar-refractivity contribution in [2.45, 2.75) is 31.7 Å². The minimum absolute atomic E-state index is 0.00765. The van der Waals surface area contributed by atoms with Crippen LogP contribution in [0.2, 0.25) is 5.02 Å². The number of carbonyl (C=O) groups excluding carboxylic acids is 1. The second-order valence-electron chi connectivity index (χ2n) is 7.46. The van der Waals surface area contributed by atoms with E-state index in [0.717, 1.165) is 22.9 Å². The van der Waals surface area contributed by atoms with E-state index in [2.05, 4.69) is 20.5 Å². The number of fused-ring (bicyclic) bond motifs is 1. The van der Waals surface area contributed by atoms with Crippen LogP contribution < -0.4 is 5.32 Å². The molecule has 0 aliphatic heterocycles. The molecule has 1 aromatic carbocycles. The molecule has 0 atom stereocenters. The van der Waals surface area contributed by atoms with Crippen molar-refractivity contribution in [3.05, 3.63) is 76.3 Å². The van der Waals surface area contributed by atoms with E-state index in [0.29, 0.717) is 23.1 Å². The molecule has 0 radical (unpaired) electrons. The van der Waals surface area contributed by atoms with Crippen molar-refractivity contribution in [1.29, 1.82) is 0 Å². The summed E-state index contributed by atoms with van der Waals surface area (Å²) in [7, 11) is 0. The Labute approximate surface area is 180 Å². The topological polar surface area (TPSA) is 77.1 Å². The van der Waals surface area contributed by atoms with Gasteiger partial charge in [0.1, 0.15) is 5.69 Å². The second kappa shape index (κ2) is 7.73. The first-order chi connectivity index (χ1) is 15.0. The zero-order valence-electron chi connectivity index (χ0n) is 16.2. The first-order valence-electron chi connectivity index (χ1n) is 9.74. The van der Waals surface area contributed by atoms with Crippen LogP contribution in [0.3, 0.4) is 0 Å². The third-order valence-corrected chi connectivity index (χ3v) is 5.28. The number of rotatable bonds is 6. The molecule has 3 heterocycles. The van der Waals surface area contributed by atoms with Gasteiger partial charge in [-0.25, -0.2) is 18.3 Å². The molecule has 1 aliphatic rings. The standard InChI is InChI=1S/C21H17ClF2N6O/c22-14-3-1-2-12(8-14)11-29-7-6-18(28-29)26-21(31)16-10-19-25-15(13-4-5-13)9-17(20(23)24)30(19)27-16/h1-3,6-10,13,20H,4-5,11H2,(H,26,28,31). The van der Waals surface area contributed by atoms with E-state index in [1.807, 2.05) is 18.2 Å². The number of anilines is 1. The van der Waals surface area contributed by atoms with E-state index in [9.17, 15) is 13.6 Å². The summed E-state index contributed by atoms with van der Waals surface area (Å²) in [5, 5.41) is 11.6. The van der Waals surface area contributed by atoms with Crippen molar-refractivity contribution >= 4 is 29.0 Å². The quantitative estimate of drug-likeness (QED) is 0.469. The van der Waals surface area contributed by atoms with Gasteiger partial charge in [0, 0.05) is 35.0 Å². The molecule has 0 saturated heterocycles. The molecule has 0 unspecified atom stereocenters. The number of nitrogens with one attached hydrogen (secondary N) is 1. The smallest absolute Gasteiger partial charge is 0.280 e.